The first-order chi connectivity index (χ1) is 13.0. The van der Waals surface area contributed by atoms with Gasteiger partial charge in [-0.05, 0) is 68.4 Å². The number of aromatic nitrogens is 1. The molecule has 5 rings (SSSR count). The third-order valence-corrected chi connectivity index (χ3v) is 7.03. The van der Waals surface area contributed by atoms with Gasteiger partial charge in [-0.3, -0.25) is 9.59 Å². The summed E-state index contributed by atoms with van der Waals surface area (Å²) in [6.45, 7) is 1.45. The smallest absolute Gasteiger partial charge is 0.200 e. The highest BCUT2D eigenvalue weighted by Crippen LogP contribution is 2.42. The van der Waals surface area contributed by atoms with Gasteiger partial charge in [0.1, 0.15) is 0 Å². The van der Waals surface area contributed by atoms with Crippen LogP contribution in [0.2, 0.25) is 0 Å². The number of carbonyl (C=O) groups is 1. The predicted molar refractivity (Wildman–Crippen MR) is 108 cm³/mol. The molecule has 1 fully saturated rings. The molecule has 1 unspecified atom stereocenters. The summed E-state index contributed by atoms with van der Waals surface area (Å²) >= 11 is 1.66. The number of carbonyl (C=O) groups excluding carboxylic acids is 1. The van der Waals surface area contributed by atoms with Gasteiger partial charge >= 0.3 is 0 Å². The number of aliphatic hydroxyl groups excluding tert-OH is 1. The molecule has 138 valence electrons. The van der Waals surface area contributed by atoms with E-state index in [9.17, 15) is 14.7 Å². The summed E-state index contributed by atoms with van der Waals surface area (Å²) in [5, 5.41) is 10.9. The van der Waals surface area contributed by atoms with E-state index in [1.54, 1.807) is 17.5 Å². The molecule has 0 aliphatic heterocycles. The fraction of sp³-hybridized carbons (Fsp3) is 0.364. The van der Waals surface area contributed by atoms with E-state index in [0.29, 0.717) is 11.4 Å². The van der Waals surface area contributed by atoms with Crippen LogP contribution in [0.15, 0.2) is 35.3 Å². The number of nitrogens with zero attached hydrogens (tertiary/aromatic N) is 1. The van der Waals surface area contributed by atoms with Crippen molar-refractivity contribution in [2.45, 2.75) is 51.2 Å². The Morgan fingerprint density at radius 3 is 2.74 bits per heavy atom. The number of hydrogen-bond acceptors (Lipinski definition) is 4. The van der Waals surface area contributed by atoms with Gasteiger partial charge in [-0.15, -0.1) is 11.3 Å². The van der Waals surface area contributed by atoms with Gasteiger partial charge in [0, 0.05) is 27.4 Å². The molecule has 4 nitrogen and oxygen atoms in total. The Labute approximate surface area is 161 Å². The molecule has 2 aliphatic rings. The highest BCUT2D eigenvalue weighted by atomic mass is 32.1. The lowest BCUT2D eigenvalue weighted by molar-refractivity contribution is 0.101. The molecule has 0 spiro atoms. The summed E-state index contributed by atoms with van der Waals surface area (Å²) in [6.07, 6.45) is 6.44. The predicted octanol–water partition coefficient (Wildman–Crippen LogP) is 4.64. The minimum absolute atomic E-state index is 0.179. The lowest BCUT2D eigenvalue weighted by Crippen LogP contribution is -2.17. The van der Waals surface area contributed by atoms with Gasteiger partial charge in [-0.1, -0.05) is 6.07 Å². The van der Waals surface area contributed by atoms with Crippen LogP contribution in [0.3, 0.4) is 0 Å². The summed E-state index contributed by atoms with van der Waals surface area (Å²) in [6, 6.07) is 8.46. The van der Waals surface area contributed by atoms with Crippen molar-refractivity contribution in [3.8, 4) is 10.4 Å². The quantitative estimate of drug-likeness (QED) is 0.675. The van der Waals surface area contributed by atoms with E-state index in [1.165, 1.54) is 12.5 Å². The van der Waals surface area contributed by atoms with Crippen molar-refractivity contribution in [2.75, 3.05) is 0 Å². The first-order valence-electron chi connectivity index (χ1n) is 9.54. The summed E-state index contributed by atoms with van der Waals surface area (Å²) in [4.78, 5) is 26.9. The minimum atomic E-state index is -0.351. The third kappa shape index (κ3) is 2.77. The molecule has 2 aliphatic carbocycles. The number of Topliss-reactive ketones (excluding diaryl/α,β-unsaturated/α-hetero) is 1. The van der Waals surface area contributed by atoms with Gasteiger partial charge < -0.3 is 9.67 Å². The van der Waals surface area contributed by atoms with Crippen molar-refractivity contribution in [3.05, 3.63) is 56.7 Å². The average Bonchev–Trinajstić information content (AvgIpc) is 3.39. The number of hydrogen-bond donors (Lipinski definition) is 1. The van der Waals surface area contributed by atoms with Crippen LogP contribution in [0.5, 0.6) is 0 Å². The molecule has 0 radical (unpaired) electrons. The highest BCUT2D eigenvalue weighted by molar-refractivity contribution is 7.15. The molecular weight excluding hydrogens is 358 g/mol. The second-order valence-corrected chi connectivity index (χ2v) is 8.79. The third-order valence-electron chi connectivity index (χ3n) is 5.71. The molecule has 2 heterocycles. The maximum absolute atomic E-state index is 12.8. The summed E-state index contributed by atoms with van der Waals surface area (Å²) in [5.74, 6) is -0.180. The van der Waals surface area contributed by atoms with Gasteiger partial charge in [-0.25, -0.2) is 0 Å². The van der Waals surface area contributed by atoms with E-state index >= 15 is 0 Å². The first kappa shape index (κ1) is 16.9. The molecular formula is C22H21NO3S. The molecule has 1 atom stereocenters. The number of aryl methyl sites for hydroxylation is 1. The second kappa shape index (κ2) is 6.14. The maximum atomic E-state index is 12.8. The van der Waals surface area contributed by atoms with Crippen molar-refractivity contribution in [2.24, 2.45) is 0 Å². The lowest BCUT2D eigenvalue weighted by atomic mass is 9.96. The van der Waals surface area contributed by atoms with Crippen molar-refractivity contribution in [1.82, 2.24) is 4.57 Å². The van der Waals surface area contributed by atoms with Crippen molar-refractivity contribution in [1.29, 1.82) is 0 Å². The Morgan fingerprint density at radius 2 is 2.04 bits per heavy atom. The Morgan fingerprint density at radius 1 is 1.22 bits per heavy atom. The van der Waals surface area contributed by atoms with E-state index in [0.717, 1.165) is 52.9 Å². The van der Waals surface area contributed by atoms with Crippen molar-refractivity contribution >= 4 is 28.0 Å². The summed E-state index contributed by atoms with van der Waals surface area (Å²) in [7, 11) is 0. The van der Waals surface area contributed by atoms with Crippen molar-refractivity contribution in [3.63, 3.8) is 0 Å². The zero-order valence-corrected chi connectivity index (χ0v) is 16.0. The van der Waals surface area contributed by atoms with Gasteiger partial charge in [0.15, 0.2) is 11.2 Å². The zero-order chi connectivity index (χ0) is 18.7. The Kier molecular flexibility index (Phi) is 3.85. The molecule has 0 saturated heterocycles. The van der Waals surface area contributed by atoms with Gasteiger partial charge in [0.05, 0.1) is 17.2 Å². The van der Waals surface area contributed by atoms with Crippen LogP contribution < -0.4 is 5.43 Å². The molecule has 1 aromatic carbocycles. The monoisotopic (exact) mass is 379 g/mol. The molecule has 5 heteroatoms. The van der Waals surface area contributed by atoms with E-state index in [2.05, 4.69) is 16.7 Å². The minimum Gasteiger partial charge on any atom is -0.388 e. The molecule has 0 bridgehead atoms. The molecule has 27 heavy (non-hydrogen) atoms. The number of fused-ring (bicyclic) bond motifs is 2. The Hall–Kier alpha value is -2.24. The maximum Gasteiger partial charge on any atom is 0.200 e. The Bertz CT molecular complexity index is 1140. The second-order valence-electron chi connectivity index (χ2n) is 7.71. The number of aliphatic hydroxyl groups is 1. The number of pyridine rings is 1. The SMILES string of the molecule is CC(=O)c1cn(C2CC2)c2cc(-c3cc4c(s3)C(O)CCC4)ccc2c1=O. The number of rotatable bonds is 3. The first-order valence-corrected chi connectivity index (χ1v) is 10.4. The lowest BCUT2D eigenvalue weighted by Gasteiger charge is -2.16. The van der Waals surface area contributed by atoms with E-state index in [4.69, 9.17) is 0 Å². The molecule has 2 aromatic heterocycles. The normalized spacial score (nSPS) is 19.3. The van der Waals surface area contributed by atoms with E-state index in [1.807, 2.05) is 12.1 Å². The van der Waals surface area contributed by atoms with E-state index in [-0.39, 0.29) is 22.9 Å². The Balaban J connectivity index is 1.70. The van der Waals surface area contributed by atoms with Crippen LogP contribution in [0, 0.1) is 0 Å². The van der Waals surface area contributed by atoms with Gasteiger partial charge in [0.2, 0.25) is 0 Å². The van der Waals surface area contributed by atoms with Gasteiger partial charge in [-0.2, -0.15) is 0 Å². The standard InChI is InChI=1S/C22H21NO3S/c1-12(24)17-11-23(15-6-7-15)18-9-13(5-8-16(18)21(17)26)20-10-14-3-2-4-19(25)22(14)27-20/h5,8-11,15,19,25H,2-4,6-7H2,1H3. The topological polar surface area (TPSA) is 59.3 Å². The van der Waals surface area contributed by atoms with Crippen LogP contribution in [0.4, 0.5) is 0 Å². The highest BCUT2D eigenvalue weighted by Gasteiger charge is 2.27. The molecule has 3 aromatic rings. The summed E-state index contributed by atoms with van der Waals surface area (Å²) < 4.78 is 2.11. The van der Waals surface area contributed by atoms with Crippen LogP contribution in [0.1, 0.15) is 65.6 Å². The number of benzene rings is 1. The van der Waals surface area contributed by atoms with Crippen LogP contribution >= 0.6 is 11.3 Å². The molecule has 0 amide bonds. The average molecular weight is 379 g/mol. The molecule has 1 saturated carbocycles. The van der Waals surface area contributed by atoms with Crippen LogP contribution in [-0.2, 0) is 6.42 Å². The fourth-order valence-electron chi connectivity index (χ4n) is 4.09. The zero-order valence-electron chi connectivity index (χ0n) is 15.2. The van der Waals surface area contributed by atoms with E-state index < -0.39 is 0 Å². The number of ketones is 1. The summed E-state index contributed by atoms with van der Waals surface area (Å²) in [5.41, 5.74) is 3.31. The van der Waals surface area contributed by atoms with Crippen LogP contribution in [0.25, 0.3) is 21.3 Å². The van der Waals surface area contributed by atoms with Crippen LogP contribution in [-0.4, -0.2) is 15.5 Å². The molecule has 1 N–H and O–H groups in total. The fourth-order valence-corrected chi connectivity index (χ4v) is 5.32. The van der Waals surface area contributed by atoms with Crippen molar-refractivity contribution < 1.29 is 9.90 Å². The van der Waals surface area contributed by atoms with Gasteiger partial charge in [0.25, 0.3) is 0 Å². The largest absolute Gasteiger partial charge is 0.388 e. The number of thiophene rings is 1.